The van der Waals surface area contributed by atoms with Crippen LogP contribution in [-0.2, 0) is 0 Å². The molecule has 1 N–H and O–H groups in total. The molecule has 0 aliphatic carbocycles. The Morgan fingerprint density at radius 1 is 1.19 bits per heavy atom. The standard InChI is InChI=1S/C14H21NO/c1-12(11-15-9-5-2-6-10-15)13-7-3-4-8-14(13)16/h3-4,7-8,12,16H,2,5-6,9-11H2,1H3. The van der Waals surface area contributed by atoms with Crippen molar-refractivity contribution in [2.75, 3.05) is 19.6 Å². The molecule has 0 spiro atoms. The summed E-state index contributed by atoms with van der Waals surface area (Å²) in [6.07, 6.45) is 4.03. The third kappa shape index (κ3) is 2.76. The zero-order valence-electron chi connectivity index (χ0n) is 10.0. The largest absolute Gasteiger partial charge is 0.508 e. The maximum atomic E-state index is 9.79. The number of hydrogen-bond donors (Lipinski definition) is 1. The molecule has 2 nitrogen and oxygen atoms in total. The first-order valence-corrected chi connectivity index (χ1v) is 6.27. The second-order valence-electron chi connectivity index (χ2n) is 4.82. The number of phenolic OH excluding ortho intramolecular Hbond substituents is 1. The Hall–Kier alpha value is -1.02. The molecule has 1 atom stereocenters. The molecule has 0 saturated carbocycles. The highest BCUT2D eigenvalue weighted by Gasteiger charge is 2.16. The molecule has 16 heavy (non-hydrogen) atoms. The molecule has 1 aromatic carbocycles. The molecule has 2 rings (SSSR count). The van der Waals surface area contributed by atoms with Crippen LogP contribution in [0.15, 0.2) is 24.3 Å². The molecular formula is C14H21NO. The maximum absolute atomic E-state index is 9.79. The van der Waals surface area contributed by atoms with Gasteiger partial charge in [-0.15, -0.1) is 0 Å². The lowest BCUT2D eigenvalue weighted by Gasteiger charge is -2.29. The molecule has 2 heteroatoms. The zero-order valence-corrected chi connectivity index (χ0v) is 10.0. The molecule has 1 aliphatic heterocycles. The second-order valence-corrected chi connectivity index (χ2v) is 4.82. The predicted molar refractivity (Wildman–Crippen MR) is 66.8 cm³/mol. The van der Waals surface area contributed by atoms with E-state index in [1.165, 1.54) is 32.4 Å². The van der Waals surface area contributed by atoms with Crippen molar-refractivity contribution in [3.05, 3.63) is 29.8 Å². The van der Waals surface area contributed by atoms with E-state index in [2.05, 4.69) is 11.8 Å². The second kappa shape index (κ2) is 5.35. The van der Waals surface area contributed by atoms with Crippen LogP contribution in [-0.4, -0.2) is 29.6 Å². The average molecular weight is 219 g/mol. The highest BCUT2D eigenvalue weighted by molar-refractivity contribution is 5.34. The molecule has 1 heterocycles. The van der Waals surface area contributed by atoms with Crippen LogP contribution < -0.4 is 0 Å². The van der Waals surface area contributed by atoms with Gasteiger partial charge in [0.05, 0.1) is 0 Å². The Bertz CT molecular complexity index is 331. The van der Waals surface area contributed by atoms with Gasteiger partial charge in [0.25, 0.3) is 0 Å². The van der Waals surface area contributed by atoms with Gasteiger partial charge in [-0.1, -0.05) is 31.5 Å². The fourth-order valence-electron chi connectivity index (χ4n) is 2.53. The van der Waals surface area contributed by atoms with Gasteiger partial charge in [0.1, 0.15) is 5.75 Å². The summed E-state index contributed by atoms with van der Waals surface area (Å²) in [7, 11) is 0. The molecule has 0 radical (unpaired) electrons. The van der Waals surface area contributed by atoms with Crippen LogP contribution in [0.3, 0.4) is 0 Å². The third-order valence-corrected chi connectivity index (χ3v) is 3.45. The van der Waals surface area contributed by atoms with Gasteiger partial charge >= 0.3 is 0 Å². The van der Waals surface area contributed by atoms with Gasteiger partial charge < -0.3 is 10.0 Å². The first-order valence-electron chi connectivity index (χ1n) is 6.27. The summed E-state index contributed by atoms with van der Waals surface area (Å²) >= 11 is 0. The lowest BCUT2D eigenvalue weighted by atomic mass is 9.98. The summed E-state index contributed by atoms with van der Waals surface area (Å²) in [5.74, 6) is 0.853. The number of hydrogen-bond acceptors (Lipinski definition) is 2. The summed E-state index contributed by atoms with van der Waals surface area (Å²) in [5.41, 5.74) is 1.08. The Labute approximate surface area is 97.9 Å². The fraction of sp³-hybridized carbons (Fsp3) is 0.571. The minimum absolute atomic E-state index is 0.416. The van der Waals surface area contributed by atoms with Gasteiger partial charge in [-0.25, -0.2) is 0 Å². The summed E-state index contributed by atoms with van der Waals surface area (Å²) in [6.45, 7) is 5.71. The minimum atomic E-state index is 0.416. The number of nitrogens with zero attached hydrogens (tertiary/aromatic N) is 1. The van der Waals surface area contributed by atoms with Crippen LogP contribution in [0.25, 0.3) is 0 Å². The number of aromatic hydroxyl groups is 1. The first-order chi connectivity index (χ1) is 7.77. The van der Waals surface area contributed by atoms with Crippen LogP contribution in [0.5, 0.6) is 5.75 Å². The predicted octanol–water partition coefficient (Wildman–Crippen LogP) is 2.98. The molecule has 1 unspecified atom stereocenters. The molecule has 1 fully saturated rings. The van der Waals surface area contributed by atoms with E-state index in [1.807, 2.05) is 18.2 Å². The van der Waals surface area contributed by atoms with Crippen molar-refractivity contribution >= 4 is 0 Å². The van der Waals surface area contributed by atoms with Crippen molar-refractivity contribution in [1.82, 2.24) is 4.90 Å². The summed E-state index contributed by atoms with van der Waals surface area (Å²) < 4.78 is 0. The van der Waals surface area contributed by atoms with E-state index in [0.717, 1.165) is 12.1 Å². The smallest absolute Gasteiger partial charge is 0.119 e. The van der Waals surface area contributed by atoms with Crippen molar-refractivity contribution < 1.29 is 5.11 Å². The SMILES string of the molecule is CC(CN1CCCCC1)c1ccccc1O. The van der Waals surface area contributed by atoms with Gasteiger partial charge in [-0.05, 0) is 43.5 Å². The van der Waals surface area contributed by atoms with E-state index in [1.54, 1.807) is 6.07 Å². The van der Waals surface area contributed by atoms with Gasteiger partial charge in [0, 0.05) is 6.54 Å². The number of benzene rings is 1. The quantitative estimate of drug-likeness (QED) is 0.844. The van der Waals surface area contributed by atoms with Crippen LogP contribution in [0, 0.1) is 0 Å². The molecule has 1 saturated heterocycles. The Morgan fingerprint density at radius 2 is 1.88 bits per heavy atom. The number of phenols is 1. The highest BCUT2D eigenvalue weighted by Crippen LogP contribution is 2.26. The number of rotatable bonds is 3. The van der Waals surface area contributed by atoms with E-state index in [9.17, 15) is 5.11 Å². The summed E-state index contributed by atoms with van der Waals surface area (Å²) in [6, 6.07) is 7.69. The molecule has 88 valence electrons. The Kier molecular flexibility index (Phi) is 3.83. The van der Waals surface area contributed by atoms with Gasteiger partial charge in [-0.3, -0.25) is 0 Å². The van der Waals surface area contributed by atoms with E-state index in [-0.39, 0.29) is 0 Å². The van der Waals surface area contributed by atoms with Crippen molar-refractivity contribution in [3.63, 3.8) is 0 Å². The monoisotopic (exact) mass is 219 g/mol. The zero-order chi connectivity index (χ0) is 11.4. The molecule has 1 aromatic rings. The van der Waals surface area contributed by atoms with Crippen molar-refractivity contribution in [3.8, 4) is 5.75 Å². The van der Waals surface area contributed by atoms with Gasteiger partial charge in [0.15, 0.2) is 0 Å². The van der Waals surface area contributed by atoms with Gasteiger partial charge in [-0.2, -0.15) is 0 Å². The summed E-state index contributed by atoms with van der Waals surface area (Å²) in [4.78, 5) is 2.51. The van der Waals surface area contributed by atoms with Crippen LogP contribution in [0.2, 0.25) is 0 Å². The topological polar surface area (TPSA) is 23.5 Å². The highest BCUT2D eigenvalue weighted by atomic mass is 16.3. The summed E-state index contributed by atoms with van der Waals surface area (Å²) in [5, 5.41) is 9.79. The van der Waals surface area contributed by atoms with E-state index in [0.29, 0.717) is 11.7 Å². The number of likely N-dealkylation sites (tertiary alicyclic amines) is 1. The fourth-order valence-corrected chi connectivity index (χ4v) is 2.53. The lowest BCUT2D eigenvalue weighted by Crippen LogP contribution is -2.32. The van der Waals surface area contributed by atoms with Crippen LogP contribution >= 0.6 is 0 Å². The van der Waals surface area contributed by atoms with Crippen molar-refractivity contribution in [2.45, 2.75) is 32.1 Å². The average Bonchev–Trinajstić information content (AvgIpc) is 2.31. The van der Waals surface area contributed by atoms with Crippen LogP contribution in [0.1, 0.15) is 37.7 Å². The minimum Gasteiger partial charge on any atom is -0.508 e. The van der Waals surface area contributed by atoms with Gasteiger partial charge in [0.2, 0.25) is 0 Å². The molecule has 0 bridgehead atoms. The maximum Gasteiger partial charge on any atom is 0.119 e. The molecule has 1 aliphatic rings. The lowest BCUT2D eigenvalue weighted by molar-refractivity contribution is 0.218. The first kappa shape index (κ1) is 11.5. The van der Waals surface area contributed by atoms with E-state index >= 15 is 0 Å². The molecule has 0 aromatic heterocycles. The number of para-hydroxylation sites is 1. The Balaban J connectivity index is 1.96. The number of piperidine rings is 1. The van der Waals surface area contributed by atoms with Crippen molar-refractivity contribution in [2.24, 2.45) is 0 Å². The third-order valence-electron chi connectivity index (χ3n) is 3.45. The Morgan fingerprint density at radius 3 is 2.56 bits per heavy atom. The van der Waals surface area contributed by atoms with E-state index < -0.39 is 0 Å². The van der Waals surface area contributed by atoms with E-state index in [4.69, 9.17) is 0 Å². The normalized spacial score (nSPS) is 19.6. The molecule has 0 amide bonds. The molecular weight excluding hydrogens is 198 g/mol. The van der Waals surface area contributed by atoms with Crippen molar-refractivity contribution in [1.29, 1.82) is 0 Å². The van der Waals surface area contributed by atoms with Crippen LogP contribution in [0.4, 0.5) is 0 Å².